The number of halogens is 3. The standard InChI is InChI=1S/C50H59Cl3N6O11S/c1-5-11-38(55-45(63)39(24-29-19-21-30(22-20-29)28-71(68,69)70)56-44(62)35-26-33(51)27-36(52)43(35)53)49(67)59-23-10-17-41(59)48(66)57-40(25-32-14-8-13-31-12-6-7-15-34(31)32)46(64)54-37(16-9-18-42(60)61)47(65)58-50(2,3)4/h6-8,12-15,19-22,26-27,37-41H,5,9-11,16-18,23-25,28H2,1-4H3,(H,54,64)(H,55,63)(H,56,62)(H,57,66)(H,58,65)(H,60,61)(H,68,69,70)/t37-,38-,39-,40-,41-/m0/s1. The number of likely N-dealkylation sites (tertiary alicyclic amines) is 1. The highest BCUT2D eigenvalue weighted by Crippen LogP contribution is 2.30. The van der Waals surface area contributed by atoms with Gasteiger partial charge >= 0.3 is 5.97 Å². The molecule has 0 aromatic heterocycles. The van der Waals surface area contributed by atoms with E-state index in [2.05, 4.69) is 26.6 Å². The monoisotopic (exact) mass is 1060 g/mol. The number of carbonyl (C=O) groups is 7. The fourth-order valence-electron chi connectivity index (χ4n) is 8.33. The Bertz CT molecular complexity index is 2730. The highest BCUT2D eigenvalue weighted by atomic mass is 35.5. The summed E-state index contributed by atoms with van der Waals surface area (Å²) < 4.78 is 32.3. The predicted octanol–water partition coefficient (Wildman–Crippen LogP) is 6.19. The molecule has 17 nitrogen and oxygen atoms in total. The third-order valence-electron chi connectivity index (χ3n) is 11.7. The van der Waals surface area contributed by atoms with Crippen LogP contribution in [0.4, 0.5) is 0 Å². The van der Waals surface area contributed by atoms with Gasteiger partial charge in [-0.1, -0.05) is 115 Å². The molecule has 0 radical (unpaired) electrons. The molecule has 6 amide bonds. The maximum atomic E-state index is 14.6. The summed E-state index contributed by atoms with van der Waals surface area (Å²) in [5.74, 6) is -5.79. The Morgan fingerprint density at radius 2 is 1.39 bits per heavy atom. The van der Waals surface area contributed by atoms with Crippen molar-refractivity contribution in [3.8, 4) is 0 Å². The highest BCUT2D eigenvalue weighted by Gasteiger charge is 2.40. The van der Waals surface area contributed by atoms with Crippen LogP contribution in [0.15, 0.2) is 78.9 Å². The first kappa shape index (κ1) is 56.1. The Balaban J connectivity index is 1.41. The molecule has 1 aliphatic rings. The molecule has 1 saturated heterocycles. The van der Waals surface area contributed by atoms with E-state index in [4.69, 9.17) is 34.8 Å². The van der Waals surface area contributed by atoms with E-state index >= 15 is 0 Å². The number of carbonyl (C=O) groups excluding carboxylic acids is 6. The summed E-state index contributed by atoms with van der Waals surface area (Å²) in [4.78, 5) is 97.8. The summed E-state index contributed by atoms with van der Waals surface area (Å²) in [5.41, 5.74) is 0.630. The minimum atomic E-state index is -4.34. The number of aliphatic carboxylic acids is 1. The highest BCUT2D eigenvalue weighted by molar-refractivity contribution is 7.85. The van der Waals surface area contributed by atoms with Crippen molar-refractivity contribution >= 4 is 97.1 Å². The fourth-order valence-corrected chi connectivity index (χ4v) is 9.63. The molecule has 21 heteroatoms. The van der Waals surface area contributed by atoms with Crippen molar-refractivity contribution in [2.24, 2.45) is 0 Å². The average Bonchev–Trinajstić information content (AvgIpc) is 3.79. The Labute approximate surface area is 427 Å². The quantitative estimate of drug-likeness (QED) is 0.0345. The molecular weight excluding hydrogens is 999 g/mol. The number of carboxylic acid groups (broad SMARTS) is 1. The Morgan fingerprint density at radius 1 is 0.761 bits per heavy atom. The molecular formula is C50H59Cl3N6O11S. The molecule has 4 aromatic rings. The molecule has 5 atom stereocenters. The number of amides is 6. The van der Waals surface area contributed by atoms with Crippen LogP contribution in [0.1, 0.15) is 99.7 Å². The largest absolute Gasteiger partial charge is 0.481 e. The van der Waals surface area contributed by atoms with Crippen LogP contribution in [0.5, 0.6) is 0 Å². The summed E-state index contributed by atoms with van der Waals surface area (Å²) in [6.45, 7) is 7.23. The van der Waals surface area contributed by atoms with Crippen molar-refractivity contribution in [1.29, 1.82) is 0 Å². The third-order valence-corrected chi connectivity index (χ3v) is 13.4. The number of hydrogen-bond acceptors (Lipinski definition) is 9. The van der Waals surface area contributed by atoms with Gasteiger partial charge in [-0.25, -0.2) is 0 Å². The van der Waals surface area contributed by atoms with Crippen molar-refractivity contribution in [1.82, 2.24) is 31.5 Å². The molecule has 7 N–H and O–H groups in total. The minimum absolute atomic E-state index is 0.000894. The number of hydrogen-bond donors (Lipinski definition) is 7. The van der Waals surface area contributed by atoms with Crippen LogP contribution in [0.25, 0.3) is 10.8 Å². The lowest BCUT2D eigenvalue weighted by Crippen LogP contribution is -2.59. The van der Waals surface area contributed by atoms with Gasteiger partial charge in [0.05, 0.1) is 15.6 Å². The summed E-state index contributed by atoms with van der Waals surface area (Å²) in [5, 5.41) is 24.9. The summed E-state index contributed by atoms with van der Waals surface area (Å²) in [7, 11) is -4.34. The van der Waals surface area contributed by atoms with Crippen LogP contribution in [0.3, 0.4) is 0 Å². The predicted molar refractivity (Wildman–Crippen MR) is 271 cm³/mol. The van der Waals surface area contributed by atoms with Crippen LogP contribution in [-0.2, 0) is 57.5 Å². The zero-order valence-corrected chi connectivity index (χ0v) is 42.8. The first-order chi connectivity index (χ1) is 33.4. The molecule has 1 aliphatic heterocycles. The van der Waals surface area contributed by atoms with Crippen LogP contribution in [-0.4, -0.2) is 107 Å². The van der Waals surface area contributed by atoms with Gasteiger partial charge in [0.25, 0.3) is 16.0 Å². The lowest BCUT2D eigenvalue weighted by atomic mass is 9.97. The molecule has 0 spiro atoms. The van der Waals surface area contributed by atoms with Gasteiger partial charge in [-0.2, -0.15) is 8.42 Å². The average molecular weight is 1060 g/mol. The second-order valence-electron chi connectivity index (χ2n) is 18.6. The van der Waals surface area contributed by atoms with Gasteiger partial charge in [-0.05, 0) is 92.5 Å². The number of nitrogens with one attached hydrogen (secondary N) is 5. The van der Waals surface area contributed by atoms with E-state index in [1.54, 1.807) is 27.7 Å². The molecule has 71 heavy (non-hydrogen) atoms. The summed E-state index contributed by atoms with van der Waals surface area (Å²) in [6.07, 6.45) is 0.831. The molecule has 0 saturated carbocycles. The van der Waals surface area contributed by atoms with Gasteiger partial charge in [-0.15, -0.1) is 0 Å². The number of carboxylic acids is 1. The van der Waals surface area contributed by atoms with E-state index in [9.17, 15) is 51.6 Å². The zero-order chi connectivity index (χ0) is 52.2. The molecule has 0 bridgehead atoms. The summed E-state index contributed by atoms with van der Waals surface area (Å²) in [6, 6.07) is 15.5. The van der Waals surface area contributed by atoms with E-state index in [0.717, 1.165) is 10.8 Å². The van der Waals surface area contributed by atoms with E-state index in [0.29, 0.717) is 24.0 Å². The molecule has 382 valence electrons. The molecule has 1 heterocycles. The van der Waals surface area contributed by atoms with Crippen molar-refractivity contribution in [3.05, 3.63) is 116 Å². The molecule has 0 unspecified atom stereocenters. The van der Waals surface area contributed by atoms with E-state index < -0.39 is 93.0 Å². The van der Waals surface area contributed by atoms with Crippen LogP contribution < -0.4 is 26.6 Å². The third kappa shape index (κ3) is 16.6. The molecule has 5 rings (SSSR count). The number of nitrogens with zero attached hydrogens (tertiary/aromatic N) is 1. The van der Waals surface area contributed by atoms with Gasteiger partial charge in [0.15, 0.2) is 0 Å². The van der Waals surface area contributed by atoms with Crippen LogP contribution >= 0.6 is 34.8 Å². The second-order valence-corrected chi connectivity index (χ2v) is 21.2. The topological polar surface area (TPSA) is 257 Å². The number of fused-ring (bicyclic) bond motifs is 1. The van der Waals surface area contributed by atoms with E-state index in [1.807, 2.05) is 42.5 Å². The van der Waals surface area contributed by atoms with Crippen molar-refractivity contribution in [2.75, 3.05) is 6.54 Å². The van der Waals surface area contributed by atoms with Crippen molar-refractivity contribution < 1.29 is 51.6 Å². The maximum absolute atomic E-state index is 14.6. The van der Waals surface area contributed by atoms with Crippen molar-refractivity contribution in [2.45, 2.75) is 127 Å². The lowest BCUT2D eigenvalue weighted by Gasteiger charge is -2.31. The zero-order valence-electron chi connectivity index (χ0n) is 39.7. The van der Waals surface area contributed by atoms with Gasteiger partial charge in [0.1, 0.15) is 36.0 Å². The van der Waals surface area contributed by atoms with Gasteiger partial charge in [0.2, 0.25) is 29.5 Å². The second kappa shape index (κ2) is 25.0. The number of rotatable bonds is 22. The van der Waals surface area contributed by atoms with Crippen molar-refractivity contribution in [3.63, 3.8) is 0 Å². The Kier molecular flexibility index (Phi) is 19.8. The van der Waals surface area contributed by atoms with Gasteiger partial charge in [-0.3, -0.25) is 38.1 Å². The first-order valence-electron chi connectivity index (χ1n) is 23.1. The Hall–Kier alpha value is -5.79. The van der Waals surface area contributed by atoms with E-state index in [1.165, 1.54) is 41.3 Å². The maximum Gasteiger partial charge on any atom is 0.303 e. The van der Waals surface area contributed by atoms with Crippen LogP contribution in [0, 0.1) is 0 Å². The van der Waals surface area contributed by atoms with Gasteiger partial charge < -0.3 is 36.6 Å². The van der Waals surface area contributed by atoms with E-state index in [-0.39, 0.29) is 77.7 Å². The van der Waals surface area contributed by atoms with Crippen LogP contribution in [0.2, 0.25) is 15.1 Å². The number of benzene rings is 4. The molecule has 4 aromatic carbocycles. The van der Waals surface area contributed by atoms with Gasteiger partial charge in [0, 0.05) is 36.4 Å². The molecule has 0 aliphatic carbocycles. The first-order valence-corrected chi connectivity index (χ1v) is 25.9. The smallest absolute Gasteiger partial charge is 0.303 e. The summed E-state index contributed by atoms with van der Waals surface area (Å²) >= 11 is 18.8. The SMILES string of the molecule is CCC[C@H](NC(=O)[C@H](Cc1ccc(CS(=O)(=O)O)cc1)NC(=O)c1cc(Cl)cc(Cl)c1Cl)C(=O)N1CCC[C@H]1C(=O)N[C@@H](Cc1cccc2ccccc12)C(=O)N[C@@H](CCCC(=O)O)C(=O)NC(C)(C)C. The minimum Gasteiger partial charge on any atom is -0.481 e. The Morgan fingerprint density at radius 3 is 2.04 bits per heavy atom. The lowest BCUT2D eigenvalue weighted by molar-refractivity contribution is -0.142. The fraction of sp³-hybridized carbons (Fsp3) is 0.420. The normalized spacial score (nSPS) is 15.5. The molecule has 1 fully saturated rings.